The van der Waals surface area contributed by atoms with Gasteiger partial charge in [0.1, 0.15) is 16.1 Å². The highest BCUT2D eigenvalue weighted by atomic mass is 35.5. The van der Waals surface area contributed by atoms with E-state index < -0.39 is 10.0 Å². The minimum Gasteiger partial charge on any atom is -0.437 e. The maximum Gasteiger partial charge on any atom is 0.265 e. The van der Waals surface area contributed by atoms with Crippen LogP contribution in [0.3, 0.4) is 0 Å². The Bertz CT molecular complexity index is 1420. The molecule has 1 aromatic carbocycles. The lowest BCUT2D eigenvalue weighted by Crippen LogP contribution is -2.10. The number of thiophene rings is 1. The van der Waals surface area contributed by atoms with E-state index in [2.05, 4.69) is 20.0 Å². The van der Waals surface area contributed by atoms with Crippen LogP contribution in [0.4, 0.5) is 11.4 Å². The van der Waals surface area contributed by atoms with Crippen LogP contribution < -0.4 is 14.8 Å². The van der Waals surface area contributed by atoms with Gasteiger partial charge in [0, 0.05) is 22.1 Å². The molecule has 1 amide bonds. The van der Waals surface area contributed by atoms with Crippen molar-refractivity contribution in [2.75, 3.05) is 16.3 Å². The molecule has 0 saturated carbocycles. The topological polar surface area (TPSA) is 110 Å². The molecule has 2 N–H and O–H groups in total. The molecular formula is C20H14Cl2N4O4S2. The van der Waals surface area contributed by atoms with Crippen LogP contribution in [0.25, 0.3) is 10.1 Å². The Morgan fingerprint density at radius 3 is 2.56 bits per heavy atom. The second-order valence-corrected chi connectivity index (χ2v) is 10.2. The number of hydrogen-bond acceptors (Lipinski definition) is 7. The molecule has 0 unspecified atom stereocenters. The van der Waals surface area contributed by atoms with Gasteiger partial charge in [-0.25, -0.2) is 18.4 Å². The fourth-order valence-electron chi connectivity index (χ4n) is 2.77. The van der Waals surface area contributed by atoms with Gasteiger partial charge in [-0.3, -0.25) is 9.52 Å². The molecule has 164 valence electrons. The van der Waals surface area contributed by atoms with E-state index in [4.69, 9.17) is 27.9 Å². The summed E-state index contributed by atoms with van der Waals surface area (Å²) in [6.07, 6.45) is 2.51. The molecule has 0 aliphatic heterocycles. The molecule has 0 saturated heterocycles. The van der Waals surface area contributed by atoms with Crippen LogP contribution in [0.15, 0.2) is 54.7 Å². The number of hydrogen-bond donors (Lipinski definition) is 2. The molecule has 0 radical (unpaired) electrons. The molecule has 4 rings (SSSR count). The maximum absolute atomic E-state index is 12.8. The van der Waals surface area contributed by atoms with Crippen molar-refractivity contribution in [3.8, 4) is 11.6 Å². The average Bonchev–Trinajstić information content (AvgIpc) is 3.12. The number of nitrogens with zero attached hydrogens (tertiary/aromatic N) is 2. The first-order valence-electron chi connectivity index (χ1n) is 8.94. The Morgan fingerprint density at radius 2 is 1.84 bits per heavy atom. The summed E-state index contributed by atoms with van der Waals surface area (Å²) in [6, 6.07) is 13.0. The number of carbonyl (C=O) groups is 1. The molecule has 32 heavy (non-hydrogen) atoms. The van der Waals surface area contributed by atoms with Gasteiger partial charge in [-0.15, -0.1) is 11.3 Å². The standard InChI is InChI=1S/C20H14Cl2N4O4S2/c1-32(28,29)26-12-2-4-15-11(6-12)7-16(31-15)20(27)24-13-8-18(22)25-19(9-13)30-14-3-5-17(21)23-10-14/h2-10,26H,1H3,(H,24,25,27). The highest BCUT2D eigenvalue weighted by Crippen LogP contribution is 2.30. The molecule has 0 aliphatic carbocycles. The van der Waals surface area contributed by atoms with E-state index >= 15 is 0 Å². The molecule has 0 atom stereocenters. The van der Waals surface area contributed by atoms with Gasteiger partial charge < -0.3 is 10.1 Å². The van der Waals surface area contributed by atoms with Crippen molar-refractivity contribution in [2.45, 2.75) is 0 Å². The number of carbonyl (C=O) groups excluding carboxylic acids is 1. The first-order valence-corrected chi connectivity index (χ1v) is 12.4. The van der Waals surface area contributed by atoms with Crippen LogP contribution in [0.5, 0.6) is 11.6 Å². The predicted octanol–water partition coefficient (Wildman–Crippen LogP) is 5.41. The van der Waals surface area contributed by atoms with Crippen LogP contribution in [0.2, 0.25) is 10.3 Å². The fourth-order valence-corrected chi connectivity index (χ4v) is 4.57. The number of pyridine rings is 2. The second kappa shape index (κ2) is 8.91. The lowest BCUT2D eigenvalue weighted by atomic mass is 10.2. The number of halogens is 2. The van der Waals surface area contributed by atoms with Crippen molar-refractivity contribution in [1.29, 1.82) is 0 Å². The number of anilines is 2. The van der Waals surface area contributed by atoms with Crippen LogP contribution in [-0.4, -0.2) is 30.5 Å². The number of benzene rings is 1. The van der Waals surface area contributed by atoms with E-state index in [0.29, 0.717) is 27.2 Å². The molecule has 0 fully saturated rings. The monoisotopic (exact) mass is 508 g/mol. The van der Waals surface area contributed by atoms with Gasteiger partial charge in [0.05, 0.1) is 17.3 Å². The fraction of sp³-hybridized carbons (Fsp3) is 0.0500. The quantitative estimate of drug-likeness (QED) is 0.336. The average molecular weight is 509 g/mol. The van der Waals surface area contributed by atoms with Gasteiger partial charge in [0.15, 0.2) is 0 Å². The number of rotatable bonds is 6. The third-order valence-electron chi connectivity index (χ3n) is 3.99. The number of ether oxygens (including phenoxy) is 1. The summed E-state index contributed by atoms with van der Waals surface area (Å²) in [6.45, 7) is 0. The summed E-state index contributed by atoms with van der Waals surface area (Å²) in [7, 11) is -3.40. The van der Waals surface area contributed by atoms with Crippen LogP contribution in [0, 0.1) is 0 Å². The predicted molar refractivity (Wildman–Crippen MR) is 127 cm³/mol. The Hall–Kier alpha value is -2.92. The summed E-state index contributed by atoms with van der Waals surface area (Å²) in [5, 5.41) is 3.96. The summed E-state index contributed by atoms with van der Waals surface area (Å²) >= 11 is 13.1. The summed E-state index contributed by atoms with van der Waals surface area (Å²) in [5.74, 6) is 0.222. The zero-order valence-electron chi connectivity index (χ0n) is 16.3. The number of sulfonamides is 1. The normalized spacial score (nSPS) is 11.3. The summed E-state index contributed by atoms with van der Waals surface area (Å²) in [5.41, 5.74) is 0.813. The van der Waals surface area contributed by atoms with Gasteiger partial charge in [0.25, 0.3) is 5.91 Å². The second-order valence-electron chi connectivity index (χ2n) is 6.63. The Balaban J connectivity index is 1.53. The molecule has 3 heterocycles. The third-order valence-corrected chi connectivity index (χ3v) is 6.13. The van der Waals surface area contributed by atoms with Gasteiger partial charge in [0.2, 0.25) is 15.9 Å². The summed E-state index contributed by atoms with van der Waals surface area (Å²) in [4.78, 5) is 21.2. The van der Waals surface area contributed by atoms with E-state index in [-0.39, 0.29) is 16.9 Å². The van der Waals surface area contributed by atoms with Crippen LogP contribution in [-0.2, 0) is 10.0 Å². The molecule has 4 aromatic rings. The lowest BCUT2D eigenvalue weighted by Gasteiger charge is -2.08. The molecule has 0 bridgehead atoms. The molecule has 0 aliphatic rings. The van der Waals surface area contributed by atoms with Crippen LogP contribution >= 0.6 is 34.5 Å². The molecule has 3 aromatic heterocycles. The minimum atomic E-state index is -3.40. The van der Waals surface area contributed by atoms with E-state index in [1.165, 1.54) is 29.7 Å². The number of nitrogens with one attached hydrogen (secondary N) is 2. The smallest absolute Gasteiger partial charge is 0.265 e. The molecule has 8 nitrogen and oxygen atoms in total. The lowest BCUT2D eigenvalue weighted by molar-refractivity contribution is 0.103. The zero-order valence-corrected chi connectivity index (χ0v) is 19.4. The van der Waals surface area contributed by atoms with E-state index in [9.17, 15) is 13.2 Å². The largest absolute Gasteiger partial charge is 0.437 e. The van der Waals surface area contributed by atoms with Crippen molar-refractivity contribution in [3.63, 3.8) is 0 Å². The molecule has 0 spiro atoms. The highest BCUT2D eigenvalue weighted by molar-refractivity contribution is 7.92. The zero-order chi connectivity index (χ0) is 22.9. The third kappa shape index (κ3) is 5.65. The van der Waals surface area contributed by atoms with Crippen molar-refractivity contribution in [2.24, 2.45) is 0 Å². The number of fused-ring (bicyclic) bond motifs is 1. The first-order chi connectivity index (χ1) is 15.1. The Kier molecular flexibility index (Phi) is 6.20. The van der Waals surface area contributed by atoms with Gasteiger partial charge in [-0.05, 0) is 47.9 Å². The Labute approximate surface area is 197 Å². The summed E-state index contributed by atoms with van der Waals surface area (Å²) < 4.78 is 31.7. The van der Waals surface area contributed by atoms with Crippen LogP contribution in [0.1, 0.15) is 9.67 Å². The van der Waals surface area contributed by atoms with Crippen molar-refractivity contribution >= 4 is 71.9 Å². The number of amides is 1. The van der Waals surface area contributed by atoms with Gasteiger partial charge in [-0.2, -0.15) is 0 Å². The minimum absolute atomic E-state index is 0.132. The van der Waals surface area contributed by atoms with Gasteiger partial charge >= 0.3 is 0 Å². The van der Waals surface area contributed by atoms with E-state index in [1.54, 1.807) is 36.4 Å². The molecule has 12 heteroatoms. The van der Waals surface area contributed by atoms with Crippen molar-refractivity contribution in [3.05, 3.63) is 69.9 Å². The van der Waals surface area contributed by atoms with E-state index in [0.717, 1.165) is 16.3 Å². The van der Waals surface area contributed by atoms with Crippen molar-refractivity contribution in [1.82, 2.24) is 9.97 Å². The van der Waals surface area contributed by atoms with Crippen molar-refractivity contribution < 1.29 is 17.9 Å². The number of aromatic nitrogens is 2. The first kappa shape index (κ1) is 22.3. The SMILES string of the molecule is CS(=O)(=O)Nc1ccc2sc(C(=O)Nc3cc(Cl)nc(Oc4ccc(Cl)nc4)c3)cc2c1. The van der Waals surface area contributed by atoms with E-state index in [1.807, 2.05) is 0 Å². The molecular weight excluding hydrogens is 495 g/mol. The van der Waals surface area contributed by atoms with Gasteiger partial charge in [-0.1, -0.05) is 23.2 Å². The highest BCUT2D eigenvalue weighted by Gasteiger charge is 2.14. The maximum atomic E-state index is 12.8. The Morgan fingerprint density at radius 1 is 1.03 bits per heavy atom.